The normalized spacial score (nSPS) is 26.4. The van der Waals surface area contributed by atoms with Crippen molar-refractivity contribution in [1.82, 2.24) is 15.1 Å². The zero-order chi connectivity index (χ0) is 28.9. The first-order chi connectivity index (χ1) is 19.1. The van der Waals surface area contributed by atoms with E-state index in [1.165, 1.54) is 4.90 Å². The summed E-state index contributed by atoms with van der Waals surface area (Å²) < 4.78 is 16.9. The predicted octanol–water partition coefficient (Wildman–Crippen LogP) is 3.19. The number of hydrogen-bond acceptors (Lipinski definition) is 7. The Hall–Kier alpha value is -3.66. The molecule has 0 saturated carbocycles. The number of ether oxygens (including phenoxy) is 3. The molecule has 0 aliphatic carbocycles. The van der Waals surface area contributed by atoms with Crippen LogP contribution in [0, 0.1) is 5.41 Å². The van der Waals surface area contributed by atoms with E-state index < -0.39 is 30.2 Å². The molecule has 3 atom stereocenters. The first kappa shape index (κ1) is 29.3. The van der Waals surface area contributed by atoms with E-state index in [0.29, 0.717) is 25.1 Å². The van der Waals surface area contributed by atoms with Gasteiger partial charge in [0.25, 0.3) is 0 Å². The van der Waals surface area contributed by atoms with Crippen molar-refractivity contribution < 1.29 is 33.4 Å². The third kappa shape index (κ3) is 7.29. The predicted molar refractivity (Wildman–Crippen MR) is 148 cm³/mol. The van der Waals surface area contributed by atoms with Crippen molar-refractivity contribution in [3.8, 4) is 0 Å². The summed E-state index contributed by atoms with van der Waals surface area (Å²) >= 11 is 0. The summed E-state index contributed by atoms with van der Waals surface area (Å²) in [4.78, 5) is 54.3. The van der Waals surface area contributed by atoms with Crippen LogP contribution in [0.15, 0.2) is 36.6 Å². The summed E-state index contributed by atoms with van der Waals surface area (Å²) in [6.07, 6.45) is 5.42. The second-order valence-corrected chi connectivity index (χ2v) is 11.5. The smallest absolute Gasteiger partial charge is 0.407 e. The van der Waals surface area contributed by atoms with Crippen molar-refractivity contribution in [1.29, 1.82) is 0 Å². The molecule has 1 fully saturated rings. The summed E-state index contributed by atoms with van der Waals surface area (Å²) in [5.41, 5.74) is 3.01. The largest absolute Gasteiger partial charge is 0.496 e. The third-order valence-corrected chi connectivity index (χ3v) is 7.53. The van der Waals surface area contributed by atoms with Gasteiger partial charge in [-0.05, 0) is 41.9 Å². The lowest BCUT2D eigenvalue weighted by molar-refractivity contribution is -0.139. The molecule has 0 aromatic heterocycles. The van der Waals surface area contributed by atoms with Crippen molar-refractivity contribution in [2.75, 3.05) is 26.4 Å². The van der Waals surface area contributed by atoms with Crippen LogP contribution in [-0.4, -0.2) is 78.5 Å². The Morgan fingerprint density at radius 1 is 1.25 bits per heavy atom. The van der Waals surface area contributed by atoms with Crippen LogP contribution in [0.25, 0.3) is 6.08 Å². The quantitative estimate of drug-likeness (QED) is 0.450. The lowest BCUT2D eigenvalue weighted by atomic mass is 9.88. The average Bonchev–Trinajstić information content (AvgIpc) is 3.55. The number of carbonyl (C=O) groups excluding carboxylic acids is 4. The van der Waals surface area contributed by atoms with Crippen molar-refractivity contribution in [3.05, 3.63) is 53.3 Å². The fourth-order valence-corrected chi connectivity index (χ4v) is 5.19. The van der Waals surface area contributed by atoms with Crippen LogP contribution in [0.4, 0.5) is 4.79 Å². The van der Waals surface area contributed by atoms with E-state index in [9.17, 15) is 19.2 Å². The minimum atomic E-state index is -1.09. The second kappa shape index (κ2) is 12.7. The first-order valence-electron chi connectivity index (χ1n) is 13.7. The molecule has 40 heavy (non-hydrogen) atoms. The van der Waals surface area contributed by atoms with E-state index in [2.05, 4.69) is 24.0 Å². The fraction of sp³-hybridized carbons (Fsp3) is 0.533. The van der Waals surface area contributed by atoms with Gasteiger partial charge in [0.15, 0.2) is 0 Å². The van der Waals surface area contributed by atoms with E-state index in [-0.39, 0.29) is 44.1 Å². The first-order valence-corrected chi connectivity index (χ1v) is 13.7. The molecule has 4 bridgehead atoms. The van der Waals surface area contributed by atoms with Gasteiger partial charge >= 0.3 is 6.09 Å². The highest BCUT2D eigenvalue weighted by molar-refractivity contribution is 5.88. The molecule has 0 radical (unpaired) electrons. The lowest BCUT2D eigenvalue weighted by Crippen LogP contribution is -2.53. The maximum Gasteiger partial charge on any atom is 0.407 e. The summed E-state index contributed by atoms with van der Waals surface area (Å²) in [6, 6.07) is 4.24. The fourth-order valence-electron chi connectivity index (χ4n) is 5.19. The molecule has 4 rings (SSSR count). The molecule has 3 aliphatic heterocycles. The van der Waals surface area contributed by atoms with E-state index in [1.54, 1.807) is 11.8 Å². The third-order valence-electron chi connectivity index (χ3n) is 7.53. The van der Waals surface area contributed by atoms with Gasteiger partial charge in [-0.2, -0.15) is 0 Å². The number of fused-ring (bicyclic) bond motifs is 3. The molecule has 0 spiro atoms. The second-order valence-electron chi connectivity index (χ2n) is 11.5. The Labute approximate surface area is 235 Å². The number of hydrogen-bond donors (Lipinski definition) is 1. The Balaban J connectivity index is 1.55. The van der Waals surface area contributed by atoms with E-state index in [4.69, 9.17) is 14.2 Å². The summed E-state index contributed by atoms with van der Waals surface area (Å²) in [5.74, 6) is -0.266. The molecule has 0 unspecified atom stereocenters. The summed E-state index contributed by atoms with van der Waals surface area (Å²) in [5, 5.41) is 2.60. The van der Waals surface area contributed by atoms with E-state index in [1.807, 2.05) is 32.0 Å². The van der Waals surface area contributed by atoms with Crippen LogP contribution >= 0.6 is 0 Å². The van der Waals surface area contributed by atoms with Gasteiger partial charge < -0.3 is 34.1 Å². The molecular formula is C30H39N3O7. The summed E-state index contributed by atoms with van der Waals surface area (Å²) in [7, 11) is 0. The Morgan fingerprint density at radius 2 is 2.05 bits per heavy atom. The molecule has 3 amide bonds. The van der Waals surface area contributed by atoms with Gasteiger partial charge in [0, 0.05) is 26.1 Å². The molecule has 10 nitrogen and oxygen atoms in total. The number of cyclic esters (lactones) is 1. The van der Waals surface area contributed by atoms with Crippen molar-refractivity contribution in [2.45, 2.75) is 71.3 Å². The highest BCUT2D eigenvalue weighted by Crippen LogP contribution is 2.29. The minimum Gasteiger partial charge on any atom is -0.496 e. The molecular weight excluding hydrogens is 514 g/mol. The average molecular weight is 554 g/mol. The summed E-state index contributed by atoms with van der Waals surface area (Å²) in [6.45, 7) is 10.3. The minimum absolute atomic E-state index is 0.109. The topological polar surface area (TPSA) is 114 Å². The number of alkyl carbamates (subject to hydrolysis) is 1. The van der Waals surface area contributed by atoms with Crippen LogP contribution in [0.5, 0.6) is 0 Å². The van der Waals surface area contributed by atoms with Crippen molar-refractivity contribution in [2.24, 2.45) is 5.41 Å². The van der Waals surface area contributed by atoms with Crippen LogP contribution in [0.3, 0.4) is 0 Å². The lowest BCUT2D eigenvalue weighted by Gasteiger charge is -2.28. The van der Waals surface area contributed by atoms with Crippen molar-refractivity contribution >= 4 is 30.3 Å². The highest BCUT2D eigenvalue weighted by atomic mass is 16.6. The SMILES string of the molecule is C=C(C)OC[C@@H]1NC(=O)OCC(C)(C)CC/C=C/c2cccc3c2CN(C3)C(=O)CO[C@@H]2C[C@@H](C=O)N(C2)C1=O. The standard InChI is InChI=1S/C30H39N3O7/c1-20(2)38-17-26-28(36)33-14-24(12-23(33)16-34)39-18-27(35)32-13-22-10-7-9-21(25(22)15-32)8-5-6-11-30(3,4)19-40-29(37)31-26/h5,7-10,16,23-24,26H,1,6,11-15,17-19H2,2-4H3,(H,31,37)/b8-5+/t23-,24+,26-/m0/s1. The molecule has 1 aromatic rings. The van der Waals surface area contributed by atoms with Crippen molar-refractivity contribution in [3.63, 3.8) is 0 Å². The van der Waals surface area contributed by atoms with Crippen LogP contribution < -0.4 is 5.32 Å². The molecule has 10 heteroatoms. The van der Waals surface area contributed by atoms with Crippen LogP contribution in [0.1, 0.15) is 56.7 Å². The monoisotopic (exact) mass is 553 g/mol. The number of amides is 3. The van der Waals surface area contributed by atoms with E-state index in [0.717, 1.165) is 29.5 Å². The number of nitrogens with zero attached hydrogens (tertiary/aromatic N) is 2. The number of nitrogens with one attached hydrogen (secondary N) is 1. The van der Waals surface area contributed by atoms with E-state index >= 15 is 0 Å². The highest BCUT2D eigenvalue weighted by Gasteiger charge is 2.40. The Kier molecular flexibility index (Phi) is 9.29. The van der Waals surface area contributed by atoms with Gasteiger partial charge in [-0.3, -0.25) is 9.59 Å². The van der Waals surface area contributed by atoms with Gasteiger partial charge in [-0.1, -0.05) is 50.8 Å². The molecule has 216 valence electrons. The molecule has 3 heterocycles. The van der Waals surface area contributed by atoms with Crippen LogP contribution in [-0.2, 0) is 41.7 Å². The zero-order valence-electron chi connectivity index (χ0n) is 23.5. The van der Waals surface area contributed by atoms with Gasteiger partial charge in [0.1, 0.15) is 25.5 Å². The zero-order valence-corrected chi connectivity index (χ0v) is 23.5. The maximum absolute atomic E-state index is 13.5. The van der Waals surface area contributed by atoms with Crippen LogP contribution in [0.2, 0.25) is 0 Å². The maximum atomic E-state index is 13.5. The number of benzene rings is 1. The number of aldehydes is 1. The van der Waals surface area contributed by atoms with Gasteiger partial charge in [-0.15, -0.1) is 0 Å². The van der Waals surface area contributed by atoms with Gasteiger partial charge in [0.05, 0.1) is 24.5 Å². The Morgan fingerprint density at radius 3 is 2.80 bits per heavy atom. The van der Waals surface area contributed by atoms with Gasteiger partial charge in [0.2, 0.25) is 11.8 Å². The Bertz CT molecular complexity index is 1180. The molecule has 1 aromatic carbocycles. The number of carbonyl (C=O) groups is 4. The molecule has 1 saturated heterocycles. The molecule has 3 aliphatic rings. The number of rotatable bonds is 4. The van der Waals surface area contributed by atoms with Gasteiger partial charge in [-0.25, -0.2) is 4.79 Å². The molecule has 1 N–H and O–H groups in total. The number of allylic oxidation sites excluding steroid dienone is 2.